The van der Waals surface area contributed by atoms with Crippen LogP contribution in [0.4, 0.5) is 10.5 Å². The number of methoxy groups -OCH3 is 3. The fourth-order valence-corrected chi connectivity index (χ4v) is 2.64. The van der Waals surface area contributed by atoms with Gasteiger partial charge in [-0.2, -0.15) is 0 Å². The largest absolute Gasteiger partial charge is 0.493 e. The summed E-state index contributed by atoms with van der Waals surface area (Å²) in [6.07, 6.45) is 1.76. The van der Waals surface area contributed by atoms with Gasteiger partial charge in [-0.3, -0.25) is 0 Å². The Morgan fingerprint density at radius 1 is 1.00 bits per heavy atom. The van der Waals surface area contributed by atoms with Gasteiger partial charge in [-0.1, -0.05) is 30.3 Å². The molecule has 2 aromatic rings. The lowest BCUT2D eigenvalue weighted by atomic mass is 10.1. The molecule has 0 unspecified atom stereocenters. The first kappa shape index (κ1) is 19.4. The molecule has 140 valence electrons. The van der Waals surface area contributed by atoms with Crippen molar-refractivity contribution in [1.82, 2.24) is 5.32 Å². The van der Waals surface area contributed by atoms with Crippen LogP contribution in [0.3, 0.4) is 0 Å². The Hall–Kier alpha value is -2.89. The van der Waals surface area contributed by atoms with Crippen molar-refractivity contribution < 1.29 is 19.0 Å². The summed E-state index contributed by atoms with van der Waals surface area (Å²) in [7, 11) is 4.61. The summed E-state index contributed by atoms with van der Waals surface area (Å²) in [5, 5.41) is 5.75. The Balaban J connectivity index is 1.94. The Bertz CT molecular complexity index is 694. The predicted molar refractivity (Wildman–Crippen MR) is 102 cm³/mol. The molecule has 2 rings (SSSR count). The predicted octanol–water partition coefficient (Wildman–Crippen LogP) is 3.86. The number of carbonyl (C=O) groups is 1. The van der Waals surface area contributed by atoms with Crippen LogP contribution in [-0.2, 0) is 6.42 Å². The molecule has 0 radical (unpaired) electrons. The van der Waals surface area contributed by atoms with E-state index in [-0.39, 0.29) is 12.1 Å². The standard InChI is InChI=1S/C20H26N2O4/c1-14(10-11-15-8-6-5-7-9-15)21-20(23)22-16-12-17(24-2)19(26-4)18(13-16)25-3/h5-9,12-14H,10-11H2,1-4H3,(H2,21,22,23)/t14-/m1/s1. The molecular formula is C20H26N2O4. The maximum absolute atomic E-state index is 12.3. The maximum Gasteiger partial charge on any atom is 0.319 e. The van der Waals surface area contributed by atoms with Crippen molar-refractivity contribution in [3.63, 3.8) is 0 Å². The van der Waals surface area contributed by atoms with Gasteiger partial charge in [-0.15, -0.1) is 0 Å². The zero-order valence-electron chi connectivity index (χ0n) is 15.7. The molecule has 0 fully saturated rings. The molecular weight excluding hydrogens is 332 g/mol. The number of hydrogen-bond donors (Lipinski definition) is 2. The second kappa shape index (κ2) is 9.56. The minimum Gasteiger partial charge on any atom is -0.493 e. The SMILES string of the molecule is COc1cc(NC(=O)N[C@H](C)CCc2ccccc2)cc(OC)c1OC. The average molecular weight is 358 g/mol. The smallest absolute Gasteiger partial charge is 0.319 e. The molecule has 26 heavy (non-hydrogen) atoms. The van der Waals surface area contributed by atoms with Gasteiger partial charge in [0.1, 0.15) is 0 Å². The van der Waals surface area contributed by atoms with Crippen LogP contribution in [0, 0.1) is 0 Å². The molecule has 0 saturated heterocycles. The van der Waals surface area contributed by atoms with Gasteiger partial charge in [-0.25, -0.2) is 4.79 Å². The number of nitrogens with one attached hydrogen (secondary N) is 2. The first-order valence-electron chi connectivity index (χ1n) is 8.48. The summed E-state index contributed by atoms with van der Waals surface area (Å²) >= 11 is 0. The van der Waals surface area contributed by atoms with Crippen LogP contribution in [0.25, 0.3) is 0 Å². The highest BCUT2D eigenvalue weighted by molar-refractivity contribution is 5.90. The molecule has 0 aromatic heterocycles. The van der Waals surface area contributed by atoms with Crippen LogP contribution in [0.15, 0.2) is 42.5 Å². The summed E-state index contributed by atoms with van der Waals surface area (Å²) in [6, 6.07) is 13.3. The molecule has 6 nitrogen and oxygen atoms in total. The summed E-state index contributed by atoms with van der Waals surface area (Å²) in [5.41, 5.74) is 1.82. The molecule has 2 N–H and O–H groups in total. The second-order valence-electron chi connectivity index (χ2n) is 5.94. The number of ether oxygens (including phenoxy) is 3. The van der Waals surface area contributed by atoms with Crippen LogP contribution >= 0.6 is 0 Å². The molecule has 1 atom stereocenters. The zero-order valence-corrected chi connectivity index (χ0v) is 15.7. The highest BCUT2D eigenvalue weighted by Crippen LogP contribution is 2.39. The topological polar surface area (TPSA) is 68.8 Å². The van der Waals surface area contributed by atoms with Crippen molar-refractivity contribution in [3.05, 3.63) is 48.0 Å². The van der Waals surface area contributed by atoms with E-state index in [0.29, 0.717) is 22.9 Å². The fraction of sp³-hybridized carbons (Fsp3) is 0.350. The summed E-state index contributed by atoms with van der Waals surface area (Å²) in [5.74, 6) is 1.45. The molecule has 0 aliphatic heterocycles. The molecule has 2 amide bonds. The molecule has 6 heteroatoms. The van der Waals surface area contributed by atoms with E-state index in [2.05, 4.69) is 22.8 Å². The van der Waals surface area contributed by atoms with Crippen molar-refractivity contribution >= 4 is 11.7 Å². The van der Waals surface area contributed by atoms with E-state index >= 15 is 0 Å². The van der Waals surface area contributed by atoms with E-state index in [1.165, 1.54) is 26.9 Å². The third-order valence-electron chi connectivity index (χ3n) is 4.01. The van der Waals surface area contributed by atoms with Gasteiger partial charge >= 0.3 is 6.03 Å². The number of benzene rings is 2. The van der Waals surface area contributed by atoms with Crippen LogP contribution in [0.2, 0.25) is 0 Å². The average Bonchev–Trinajstić information content (AvgIpc) is 2.66. The van der Waals surface area contributed by atoms with Crippen molar-refractivity contribution in [1.29, 1.82) is 0 Å². The van der Waals surface area contributed by atoms with E-state index < -0.39 is 0 Å². The molecule has 0 bridgehead atoms. The van der Waals surface area contributed by atoms with E-state index in [9.17, 15) is 4.79 Å². The highest BCUT2D eigenvalue weighted by Gasteiger charge is 2.15. The summed E-state index contributed by atoms with van der Waals surface area (Å²) < 4.78 is 15.9. The van der Waals surface area contributed by atoms with Gasteiger partial charge in [0.05, 0.1) is 27.0 Å². The van der Waals surface area contributed by atoms with E-state index in [1.54, 1.807) is 12.1 Å². The first-order valence-corrected chi connectivity index (χ1v) is 8.48. The van der Waals surface area contributed by atoms with Crippen molar-refractivity contribution in [2.45, 2.75) is 25.8 Å². The van der Waals surface area contributed by atoms with Crippen molar-refractivity contribution in [2.75, 3.05) is 26.6 Å². The normalized spacial score (nSPS) is 11.4. The van der Waals surface area contributed by atoms with Crippen molar-refractivity contribution in [2.24, 2.45) is 0 Å². The van der Waals surface area contributed by atoms with E-state index in [1.807, 2.05) is 25.1 Å². The van der Waals surface area contributed by atoms with Gasteiger partial charge in [0.15, 0.2) is 11.5 Å². The number of anilines is 1. The Labute approximate surface area is 154 Å². The lowest BCUT2D eigenvalue weighted by molar-refractivity contribution is 0.248. The number of amides is 2. The van der Waals surface area contributed by atoms with Crippen LogP contribution < -0.4 is 24.8 Å². The van der Waals surface area contributed by atoms with Gasteiger partial charge < -0.3 is 24.8 Å². The third-order valence-corrected chi connectivity index (χ3v) is 4.01. The second-order valence-corrected chi connectivity index (χ2v) is 5.94. The van der Waals surface area contributed by atoms with E-state index in [0.717, 1.165) is 12.8 Å². The number of hydrogen-bond acceptors (Lipinski definition) is 4. The lowest BCUT2D eigenvalue weighted by Crippen LogP contribution is -2.36. The molecule has 0 aliphatic carbocycles. The van der Waals surface area contributed by atoms with Gasteiger partial charge in [0.25, 0.3) is 0 Å². The summed E-state index contributed by atoms with van der Waals surface area (Å²) in [6.45, 7) is 1.98. The van der Waals surface area contributed by atoms with Crippen molar-refractivity contribution in [3.8, 4) is 17.2 Å². The lowest BCUT2D eigenvalue weighted by Gasteiger charge is -2.17. The Morgan fingerprint density at radius 2 is 1.62 bits per heavy atom. The third kappa shape index (κ3) is 5.31. The molecule has 0 aliphatic rings. The van der Waals surface area contributed by atoms with Gasteiger partial charge in [0.2, 0.25) is 5.75 Å². The molecule has 0 heterocycles. The molecule has 2 aromatic carbocycles. The van der Waals surface area contributed by atoms with Gasteiger partial charge in [-0.05, 0) is 25.3 Å². The highest BCUT2D eigenvalue weighted by atomic mass is 16.5. The first-order chi connectivity index (χ1) is 12.6. The monoisotopic (exact) mass is 358 g/mol. The quantitative estimate of drug-likeness (QED) is 0.752. The Morgan fingerprint density at radius 3 is 2.15 bits per heavy atom. The number of aryl methyl sites for hydroxylation is 1. The Kier molecular flexibility index (Phi) is 7.14. The number of rotatable bonds is 8. The zero-order chi connectivity index (χ0) is 18.9. The molecule has 0 spiro atoms. The summed E-state index contributed by atoms with van der Waals surface area (Å²) in [4.78, 5) is 12.3. The van der Waals surface area contributed by atoms with E-state index in [4.69, 9.17) is 14.2 Å². The number of urea groups is 1. The minimum atomic E-state index is -0.278. The van der Waals surface area contributed by atoms with Crippen LogP contribution in [0.1, 0.15) is 18.9 Å². The molecule has 0 saturated carbocycles. The fourth-order valence-electron chi connectivity index (χ4n) is 2.64. The van der Waals surface area contributed by atoms with Crippen LogP contribution in [-0.4, -0.2) is 33.4 Å². The number of carbonyl (C=O) groups excluding carboxylic acids is 1. The minimum absolute atomic E-state index is 0.0391. The maximum atomic E-state index is 12.3. The van der Waals surface area contributed by atoms with Gasteiger partial charge in [0, 0.05) is 18.2 Å². The van der Waals surface area contributed by atoms with Crippen LogP contribution in [0.5, 0.6) is 17.2 Å².